The molecule has 2 fully saturated rings. The average Bonchev–Trinajstić information content (AvgIpc) is 3.30. The van der Waals surface area contributed by atoms with Crippen molar-refractivity contribution in [1.82, 2.24) is 10.2 Å². The van der Waals surface area contributed by atoms with Gasteiger partial charge in [-0.05, 0) is 17.2 Å². The number of hydrogen-bond donors (Lipinski definition) is 2. The predicted molar refractivity (Wildman–Crippen MR) is 108 cm³/mol. The van der Waals surface area contributed by atoms with E-state index in [1.165, 1.54) is 16.7 Å². The van der Waals surface area contributed by atoms with Crippen LogP contribution < -0.4 is 5.32 Å². The molecule has 3 aliphatic heterocycles. The minimum absolute atomic E-state index is 0.0982. The van der Waals surface area contributed by atoms with E-state index in [9.17, 15) is 19.5 Å². The largest absolute Gasteiger partial charge is 0.477 e. The van der Waals surface area contributed by atoms with E-state index in [1.807, 2.05) is 30.3 Å². The first-order valence-electron chi connectivity index (χ1n) is 8.76. The molecule has 0 aromatic heterocycles. The minimum Gasteiger partial charge on any atom is -0.477 e. The van der Waals surface area contributed by atoms with Gasteiger partial charge in [-0.25, -0.2) is 4.79 Å². The maximum Gasteiger partial charge on any atom is 0.352 e. The first-order valence-corrected chi connectivity index (χ1v) is 10.6. The monoisotopic (exact) mass is 454 g/mol. The lowest BCUT2D eigenvalue weighted by Gasteiger charge is -2.49. The van der Waals surface area contributed by atoms with Crippen LogP contribution in [-0.2, 0) is 25.5 Å². The van der Waals surface area contributed by atoms with Crippen molar-refractivity contribution in [1.29, 1.82) is 0 Å². The number of ether oxygens (including phenoxy) is 1. The standard InChI is InChI=1S/C19H16Cl2N2O5S/c20-19(21)12(28-19)7-6-11-9-29-17-14(16(25)23(17)15(11)18(26)27)22-13(24)8-10-4-2-1-3-5-10/h1-7,12,14,17H,8-9H2,(H,22,24)(H,26,27)/b7-6+. The highest BCUT2D eigenvalue weighted by Gasteiger charge is 2.55. The van der Waals surface area contributed by atoms with Crippen molar-refractivity contribution in [3.05, 3.63) is 59.3 Å². The van der Waals surface area contributed by atoms with Gasteiger partial charge >= 0.3 is 5.97 Å². The Balaban J connectivity index is 1.45. The molecule has 0 radical (unpaired) electrons. The van der Waals surface area contributed by atoms with Gasteiger partial charge in [-0.1, -0.05) is 59.6 Å². The Hall–Kier alpha value is -2.00. The second-order valence-corrected chi connectivity index (χ2v) is 9.18. The number of alkyl halides is 2. The number of epoxide rings is 1. The number of allylic oxidation sites excluding steroid dienone is 1. The van der Waals surface area contributed by atoms with Gasteiger partial charge in [0.2, 0.25) is 10.4 Å². The average molecular weight is 455 g/mol. The maximum absolute atomic E-state index is 12.6. The van der Waals surface area contributed by atoms with E-state index in [-0.39, 0.29) is 18.0 Å². The molecule has 3 aliphatic rings. The van der Waals surface area contributed by atoms with E-state index in [0.717, 1.165) is 5.56 Å². The van der Waals surface area contributed by atoms with Crippen molar-refractivity contribution in [3.63, 3.8) is 0 Å². The van der Waals surface area contributed by atoms with Gasteiger partial charge < -0.3 is 15.2 Å². The molecule has 0 spiro atoms. The molecule has 0 saturated carbocycles. The fourth-order valence-electron chi connectivity index (χ4n) is 3.27. The Kier molecular flexibility index (Phi) is 5.37. The van der Waals surface area contributed by atoms with Gasteiger partial charge in [-0.15, -0.1) is 11.8 Å². The van der Waals surface area contributed by atoms with Crippen molar-refractivity contribution in [2.75, 3.05) is 5.75 Å². The zero-order valence-electron chi connectivity index (χ0n) is 14.9. The molecule has 2 saturated heterocycles. The molecule has 2 amide bonds. The van der Waals surface area contributed by atoms with Crippen LogP contribution in [0, 0.1) is 0 Å². The quantitative estimate of drug-likeness (QED) is 0.387. The number of carboxylic acids is 1. The minimum atomic E-state index is -1.29. The molecule has 3 heterocycles. The maximum atomic E-state index is 12.6. The molecule has 3 atom stereocenters. The second kappa shape index (κ2) is 7.68. The Bertz CT molecular complexity index is 934. The first-order chi connectivity index (χ1) is 13.8. The van der Waals surface area contributed by atoms with Gasteiger partial charge in [0.25, 0.3) is 5.91 Å². The normalized spacial score (nSPS) is 27.4. The van der Waals surface area contributed by atoms with Crippen LogP contribution in [-0.4, -0.2) is 55.6 Å². The second-order valence-electron chi connectivity index (χ2n) is 6.76. The Morgan fingerprint density at radius 1 is 1.34 bits per heavy atom. The lowest BCUT2D eigenvalue weighted by molar-refractivity contribution is -0.150. The van der Waals surface area contributed by atoms with Gasteiger partial charge in [0.15, 0.2) is 0 Å². The number of β-lactam (4-membered cyclic amide) rings is 1. The van der Waals surface area contributed by atoms with E-state index in [0.29, 0.717) is 11.3 Å². The molecule has 29 heavy (non-hydrogen) atoms. The summed E-state index contributed by atoms with van der Waals surface area (Å²) in [5, 5.41) is 11.9. The number of carbonyl (C=O) groups is 3. The van der Waals surface area contributed by atoms with Gasteiger partial charge in [0, 0.05) is 5.75 Å². The van der Waals surface area contributed by atoms with E-state index in [2.05, 4.69) is 5.32 Å². The molecule has 152 valence electrons. The first kappa shape index (κ1) is 20.3. The van der Waals surface area contributed by atoms with Crippen LogP contribution in [0.5, 0.6) is 0 Å². The summed E-state index contributed by atoms with van der Waals surface area (Å²) in [6.07, 6.45) is 2.77. The number of halogens is 2. The third-order valence-corrected chi connectivity index (χ3v) is 6.67. The highest BCUT2D eigenvalue weighted by Crippen LogP contribution is 2.46. The lowest BCUT2D eigenvalue weighted by Crippen LogP contribution is -2.70. The van der Waals surface area contributed by atoms with Crippen molar-refractivity contribution in [2.45, 2.75) is 28.5 Å². The fraction of sp³-hybridized carbons (Fsp3) is 0.316. The zero-order chi connectivity index (χ0) is 20.8. The molecule has 7 nitrogen and oxygen atoms in total. The Morgan fingerprint density at radius 2 is 2.03 bits per heavy atom. The Morgan fingerprint density at radius 3 is 2.66 bits per heavy atom. The van der Waals surface area contributed by atoms with Gasteiger partial charge in [-0.2, -0.15) is 0 Å². The van der Waals surface area contributed by atoms with Crippen LogP contribution in [0.15, 0.2) is 53.8 Å². The van der Waals surface area contributed by atoms with Crippen LogP contribution in [0.1, 0.15) is 5.56 Å². The number of thioether (sulfide) groups is 1. The van der Waals surface area contributed by atoms with Crippen molar-refractivity contribution in [2.24, 2.45) is 0 Å². The number of carboxylic acid groups (broad SMARTS) is 1. The number of nitrogens with zero attached hydrogens (tertiary/aromatic N) is 1. The molecular weight excluding hydrogens is 439 g/mol. The smallest absolute Gasteiger partial charge is 0.352 e. The zero-order valence-corrected chi connectivity index (χ0v) is 17.2. The van der Waals surface area contributed by atoms with Crippen molar-refractivity contribution in [3.8, 4) is 0 Å². The number of fused-ring (bicyclic) bond motifs is 1. The van der Waals surface area contributed by atoms with Crippen LogP contribution in [0.3, 0.4) is 0 Å². The molecule has 4 rings (SSSR count). The van der Waals surface area contributed by atoms with Gasteiger partial charge in [-0.3, -0.25) is 14.5 Å². The van der Waals surface area contributed by atoms with E-state index in [1.54, 1.807) is 12.2 Å². The van der Waals surface area contributed by atoms with Crippen LogP contribution in [0.25, 0.3) is 0 Å². The van der Waals surface area contributed by atoms with Crippen LogP contribution >= 0.6 is 35.0 Å². The summed E-state index contributed by atoms with van der Waals surface area (Å²) in [6, 6.07) is 8.43. The summed E-state index contributed by atoms with van der Waals surface area (Å²) in [4.78, 5) is 37.9. The summed E-state index contributed by atoms with van der Waals surface area (Å²) in [7, 11) is 0. The summed E-state index contributed by atoms with van der Waals surface area (Å²) >= 11 is 13.0. The van der Waals surface area contributed by atoms with Gasteiger partial charge in [0.1, 0.15) is 23.2 Å². The van der Waals surface area contributed by atoms with E-state index >= 15 is 0 Å². The molecular formula is C19H16Cl2N2O5S. The number of nitrogens with one attached hydrogen (secondary N) is 1. The highest BCUT2D eigenvalue weighted by atomic mass is 35.5. The van der Waals surface area contributed by atoms with Crippen LogP contribution in [0.2, 0.25) is 0 Å². The SMILES string of the molecule is O=C(Cc1ccccc1)NC1C(=O)N2C(C(=O)O)=C(/C=C/C3OC3(Cl)Cl)CSC12. The molecule has 1 aromatic rings. The third-order valence-electron chi connectivity index (χ3n) is 4.75. The fourth-order valence-corrected chi connectivity index (χ4v) is 4.92. The molecule has 3 unspecified atom stereocenters. The molecule has 2 N–H and O–H groups in total. The number of rotatable bonds is 6. The molecule has 1 aromatic carbocycles. The number of carbonyl (C=O) groups excluding carboxylic acids is 2. The van der Waals surface area contributed by atoms with Gasteiger partial charge in [0.05, 0.1) is 6.42 Å². The number of aliphatic carboxylic acids is 1. The number of hydrogen-bond acceptors (Lipinski definition) is 5. The Labute approximate surface area is 180 Å². The highest BCUT2D eigenvalue weighted by molar-refractivity contribution is 8.00. The lowest BCUT2D eigenvalue weighted by atomic mass is 10.0. The van der Waals surface area contributed by atoms with Crippen LogP contribution in [0.4, 0.5) is 0 Å². The van der Waals surface area contributed by atoms with E-state index in [4.69, 9.17) is 27.9 Å². The summed E-state index contributed by atoms with van der Waals surface area (Å²) in [5.74, 6) is -1.58. The summed E-state index contributed by atoms with van der Waals surface area (Å²) in [6.45, 7) is 0. The van der Waals surface area contributed by atoms with Crippen molar-refractivity contribution < 1.29 is 24.2 Å². The molecule has 10 heteroatoms. The predicted octanol–water partition coefficient (Wildman–Crippen LogP) is 2.05. The topological polar surface area (TPSA) is 99.2 Å². The third kappa shape index (κ3) is 4.02. The van der Waals surface area contributed by atoms with Crippen molar-refractivity contribution >= 4 is 52.7 Å². The van der Waals surface area contributed by atoms with E-state index < -0.39 is 33.9 Å². The summed E-state index contributed by atoms with van der Waals surface area (Å²) in [5.41, 5.74) is 1.19. The number of amides is 2. The number of benzene rings is 1. The molecule has 0 aliphatic carbocycles. The summed E-state index contributed by atoms with van der Waals surface area (Å²) < 4.78 is 3.74. The molecule has 0 bridgehead atoms.